The van der Waals surface area contributed by atoms with Crippen LogP contribution in [-0.4, -0.2) is 28.0 Å². The Bertz CT molecular complexity index is 879. The van der Waals surface area contributed by atoms with Gasteiger partial charge in [-0.3, -0.25) is 10.1 Å². The van der Waals surface area contributed by atoms with E-state index in [1.54, 1.807) is 18.4 Å². The average molecular weight is 368 g/mol. The molecule has 8 nitrogen and oxygen atoms in total. The van der Waals surface area contributed by atoms with Gasteiger partial charge in [0.2, 0.25) is 0 Å². The highest BCUT2D eigenvalue weighted by Gasteiger charge is 2.08. The molecule has 0 unspecified atom stereocenters. The van der Waals surface area contributed by atoms with Crippen molar-refractivity contribution < 1.29 is 14.1 Å². The van der Waals surface area contributed by atoms with E-state index in [-0.39, 0.29) is 5.69 Å². The minimum atomic E-state index is -0.429. The zero-order valence-corrected chi connectivity index (χ0v) is 14.9. The lowest BCUT2D eigenvalue weighted by Gasteiger charge is -2.09. The fourth-order valence-corrected chi connectivity index (χ4v) is 2.48. The maximum atomic E-state index is 10.8. The van der Waals surface area contributed by atoms with Gasteiger partial charge >= 0.3 is 0 Å². The van der Waals surface area contributed by atoms with Crippen LogP contribution in [0.15, 0.2) is 53.1 Å². The van der Waals surface area contributed by atoms with Crippen LogP contribution in [-0.2, 0) is 11.3 Å². The molecule has 1 N–H and O–H groups in total. The molecule has 3 rings (SSSR count). The predicted molar refractivity (Wildman–Crippen MR) is 100 cm³/mol. The van der Waals surface area contributed by atoms with Crippen molar-refractivity contribution >= 4 is 11.5 Å². The first-order valence-electron chi connectivity index (χ1n) is 8.56. The van der Waals surface area contributed by atoms with Crippen LogP contribution in [0.2, 0.25) is 0 Å². The standard InChI is InChI=1S/C19H20N4O4/c1-14-12-18(20-9-3-10-26-13-17-4-2-11-27-17)22-19(21-14)15-5-7-16(8-6-15)23(24)25/h2,4-8,11-12H,3,9-10,13H2,1H3,(H,20,21,22). The summed E-state index contributed by atoms with van der Waals surface area (Å²) in [6.07, 6.45) is 2.44. The number of benzene rings is 1. The summed E-state index contributed by atoms with van der Waals surface area (Å²) in [6.45, 7) is 3.65. The lowest BCUT2D eigenvalue weighted by Crippen LogP contribution is -2.08. The summed E-state index contributed by atoms with van der Waals surface area (Å²) >= 11 is 0. The molecule has 1 aromatic carbocycles. The summed E-state index contributed by atoms with van der Waals surface area (Å²) in [5.41, 5.74) is 1.59. The van der Waals surface area contributed by atoms with Gasteiger partial charge in [-0.15, -0.1) is 0 Å². The summed E-state index contributed by atoms with van der Waals surface area (Å²) in [7, 11) is 0. The van der Waals surface area contributed by atoms with Crippen LogP contribution in [0, 0.1) is 17.0 Å². The fourth-order valence-electron chi connectivity index (χ4n) is 2.48. The van der Waals surface area contributed by atoms with E-state index in [0.717, 1.165) is 23.4 Å². The SMILES string of the molecule is Cc1cc(NCCCOCc2ccco2)nc(-c2ccc([N+](=O)[O-])cc2)n1. The molecule has 0 aliphatic rings. The van der Waals surface area contributed by atoms with Crippen molar-refractivity contribution in [2.24, 2.45) is 0 Å². The molecule has 0 aliphatic heterocycles. The van der Waals surface area contributed by atoms with Gasteiger partial charge in [0.1, 0.15) is 18.2 Å². The molecule has 0 aliphatic carbocycles. The minimum Gasteiger partial charge on any atom is -0.467 e. The monoisotopic (exact) mass is 368 g/mol. The molecule has 0 fully saturated rings. The number of nitro benzene ring substituents is 1. The number of nitro groups is 1. The van der Waals surface area contributed by atoms with Gasteiger partial charge in [0.25, 0.3) is 5.69 Å². The Balaban J connectivity index is 1.52. The van der Waals surface area contributed by atoms with Crippen LogP contribution in [0.3, 0.4) is 0 Å². The molecular formula is C19H20N4O4. The first-order valence-corrected chi connectivity index (χ1v) is 8.56. The van der Waals surface area contributed by atoms with Crippen molar-refractivity contribution in [2.75, 3.05) is 18.5 Å². The molecule has 0 bridgehead atoms. The van der Waals surface area contributed by atoms with Crippen molar-refractivity contribution in [3.8, 4) is 11.4 Å². The number of aromatic nitrogens is 2. The minimum absolute atomic E-state index is 0.0410. The van der Waals surface area contributed by atoms with Crippen molar-refractivity contribution in [3.05, 3.63) is 70.3 Å². The van der Waals surface area contributed by atoms with Gasteiger partial charge in [-0.1, -0.05) is 0 Å². The number of aryl methyl sites for hydroxylation is 1. The molecule has 2 heterocycles. The number of hydrogen-bond acceptors (Lipinski definition) is 7. The molecule has 140 valence electrons. The molecule has 3 aromatic rings. The van der Waals surface area contributed by atoms with Crippen LogP contribution in [0.25, 0.3) is 11.4 Å². The van der Waals surface area contributed by atoms with Gasteiger partial charge in [0.05, 0.1) is 11.2 Å². The van der Waals surface area contributed by atoms with Gasteiger partial charge < -0.3 is 14.5 Å². The average Bonchev–Trinajstić information content (AvgIpc) is 3.17. The fraction of sp³-hybridized carbons (Fsp3) is 0.263. The number of ether oxygens (including phenoxy) is 1. The zero-order chi connectivity index (χ0) is 19.1. The predicted octanol–water partition coefficient (Wildman–Crippen LogP) is 3.97. The Morgan fingerprint density at radius 2 is 2.04 bits per heavy atom. The van der Waals surface area contributed by atoms with E-state index < -0.39 is 4.92 Å². The van der Waals surface area contributed by atoms with Crippen LogP contribution in [0.4, 0.5) is 11.5 Å². The molecule has 8 heteroatoms. The first-order chi connectivity index (χ1) is 13.1. The third-order valence-corrected chi connectivity index (χ3v) is 3.79. The largest absolute Gasteiger partial charge is 0.467 e. The van der Waals surface area contributed by atoms with E-state index in [4.69, 9.17) is 9.15 Å². The van der Waals surface area contributed by atoms with E-state index in [0.29, 0.717) is 31.4 Å². The van der Waals surface area contributed by atoms with E-state index in [2.05, 4.69) is 15.3 Å². The highest BCUT2D eigenvalue weighted by atomic mass is 16.6. The molecule has 0 atom stereocenters. The Kier molecular flexibility index (Phi) is 6.11. The van der Waals surface area contributed by atoms with Crippen molar-refractivity contribution in [3.63, 3.8) is 0 Å². The number of nitrogens with one attached hydrogen (secondary N) is 1. The van der Waals surface area contributed by atoms with Gasteiger partial charge in [-0.05, 0) is 37.6 Å². The second-order valence-electron chi connectivity index (χ2n) is 5.93. The van der Waals surface area contributed by atoms with E-state index in [1.807, 2.05) is 25.1 Å². The van der Waals surface area contributed by atoms with Crippen LogP contribution < -0.4 is 5.32 Å². The van der Waals surface area contributed by atoms with E-state index >= 15 is 0 Å². The summed E-state index contributed by atoms with van der Waals surface area (Å²) < 4.78 is 10.7. The summed E-state index contributed by atoms with van der Waals surface area (Å²) in [6, 6.07) is 11.8. The summed E-state index contributed by atoms with van der Waals surface area (Å²) in [5.74, 6) is 2.05. The zero-order valence-electron chi connectivity index (χ0n) is 14.9. The Morgan fingerprint density at radius 3 is 2.74 bits per heavy atom. The third-order valence-electron chi connectivity index (χ3n) is 3.79. The lowest BCUT2D eigenvalue weighted by molar-refractivity contribution is -0.384. The van der Waals surface area contributed by atoms with Gasteiger partial charge in [0, 0.05) is 42.6 Å². The number of nitrogens with zero attached hydrogens (tertiary/aromatic N) is 3. The molecular weight excluding hydrogens is 348 g/mol. The van der Waals surface area contributed by atoms with E-state index in [1.165, 1.54) is 12.1 Å². The second kappa shape index (κ2) is 8.91. The normalized spacial score (nSPS) is 10.7. The summed E-state index contributed by atoms with van der Waals surface area (Å²) in [4.78, 5) is 19.2. The molecule has 0 amide bonds. The van der Waals surface area contributed by atoms with Gasteiger partial charge in [-0.2, -0.15) is 0 Å². The molecule has 0 saturated carbocycles. The highest BCUT2D eigenvalue weighted by molar-refractivity contribution is 5.59. The third kappa shape index (κ3) is 5.35. The lowest BCUT2D eigenvalue weighted by atomic mass is 10.2. The first kappa shape index (κ1) is 18.5. The quantitative estimate of drug-likeness (QED) is 0.346. The van der Waals surface area contributed by atoms with Gasteiger partial charge in [-0.25, -0.2) is 9.97 Å². The molecule has 0 spiro atoms. The number of non-ortho nitro benzene ring substituents is 1. The number of furan rings is 1. The molecule has 2 aromatic heterocycles. The van der Waals surface area contributed by atoms with Crippen molar-refractivity contribution in [1.82, 2.24) is 9.97 Å². The van der Waals surface area contributed by atoms with Crippen LogP contribution in [0.1, 0.15) is 17.9 Å². The Morgan fingerprint density at radius 1 is 1.22 bits per heavy atom. The molecule has 27 heavy (non-hydrogen) atoms. The molecule has 0 radical (unpaired) electrons. The van der Waals surface area contributed by atoms with Crippen LogP contribution >= 0.6 is 0 Å². The number of rotatable bonds is 9. The van der Waals surface area contributed by atoms with Gasteiger partial charge in [0.15, 0.2) is 5.82 Å². The summed E-state index contributed by atoms with van der Waals surface area (Å²) in [5, 5.41) is 14.0. The second-order valence-corrected chi connectivity index (χ2v) is 5.93. The Labute approximate surface area is 156 Å². The maximum absolute atomic E-state index is 10.8. The van der Waals surface area contributed by atoms with E-state index in [9.17, 15) is 10.1 Å². The number of anilines is 1. The number of hydrogen-bond donors (Lipinski definition) is 1. The van der Waals surface area contributed by atoms with Crippen molar-refractivity contribution in [1.29, 1.82) is 0 Å². The Hall–Kier alpha value is -3.26. The molecule has 0 saturated heterocycles. The highest BCUT2D eigenvalue weighted by Crippen LogP contribution is 2.21. The van der Waals surface area contributed by atoms with Crippen LogP contribution in [0.5, 0.6) is 0 Å². The maximum Gasteiger partial charge on any atom is 0.269 e. The smallest absolute Gasteiger partial charge is 0.269 e. The topological polar surface area (TPSA) is 103 Å². The van der Waals surface area contributed by atoms with Crippen molar-refractivity contribution in [2.45, 2.75) is 20.0 Å².